The first-order valence-corrected chi connectivity index (χ1v) is 7.45. The lowest BCUT2D eigenvalue weighted by molar-refractivity contribution is 0.608. The second-order valence-corrected chi connectivity index (χ2v) is 6.10. The highest BCUT2D eigenvalue weighted by atomic mass is 35.5. The predicted octanol–water partition coefficient (Wildman–Crippen LogP) is 4.59. The summed E-state index contributed by atoms with van der Waals surface area (Å²) in [7, 11) is 0. The van der Waals surface area contributed by atoms with Crippen molar-refractivity contribution in [2.24, 2.45) is 0 Å². The Morgan fingerprint density at radius 3 is 3.28 bits per heavy atom. The lowest BCUT2D eigenvalue weighted by Crippen LogP contribution is -2.16. The van der Waals surface area contributed by atoms with Crippen LogP contribution in [-0.4, -0.2) is 4.98 Å². The molecular formula is C14H15ClN2S. The summed E-state index contributed by atoms with van der Waals surface area (Å²) >= 11 is 8.00. The molecule has 2 aromatic rings. The van der Waals surface area contributed by atoms with E-state index in [9.17, 15) is 0 Å². The molecule has 0 aliphatic heterocycles. The zero-order valence-corrected chi connectivity index (χ0v) is 11.8. The van der Waals surface area contributed by atoms with E-state index in [1.165, 1.54) is 23.3 Å². The molecule has 1 atom stereocenters. The SMILES string of the molecule is Cc1cnc(Cl)c(NC2CCCc3sccc32)c1. The number of thiophene rings is 1. The molecule has 0 fully saturated rings. The van der Waals surface area contributed by atoms with Gasteiger partial charge in [0.2, 0.25) is 0 Å². The summed E-state index contributed by atoms with van der Waals surface area (Å²) in [4.78, 5) is 5.70. The normalized spacial score (nSPS) is 18.4. The Morgan fingerprint density at radius 1 is 1.50 bits per heavy atom. The Morgan fingerprint density at radius 2 is 2.39 bits per heavy atom. The van der Waals surface area contributed by atoms with Gasteiger partial charge in [-0.15, -0.1) is 11.3 Å². The van der Waals surface area contributed by atoms with Crippen molar-refractivity contribution in [2.75, 3.05) is 5.32 Å². The van der Waals surface area contributed by atoms with Crippen LogP contribution in [0.5, 0.6) is 0 Å². The zero-order valence-electron chi connectivity index (χ0n) is 10.2. The van der Waals surface area contributed by atoms with Crippen molar-refractivity contribution in [1.29, 1.82) is 0 Å². The number of fused-ring (bicyclic) bond motifs is 1. The molecule has 4 heteroatoms. The molecule has 3 rings (SSSR count). The van der Waals surface area contributed by atoms with Crippen LogP contribution in [0.2, 0.25) is 5.15 Å². The fraction of sp³-hybridized carbons (Fsp3) is 0.357. The van der Waals surface area contributed by atoms with Crippen molar-refractivity contribution in [3.63, 3.8) is 0 Å². The maximum absolute atomic E-state index is 6.15. The molecule has 2 aromatic heterocycles. The molecule has 1 N–H and O–H groups in total. The van der Waals surface area contributed by atoms with Crippen molar-refractivity contribution < 1.29 is 0 Å². The first kappa shape index (κ1) is 12.0. The molecule has 0 radical (unpaired) electrons. The van der Waals surface area contributed by atoms with Gasteiger partial charge in [-0.1, -0.05) is 11.6 Å². The Labute approximate surface area is 116 Å². The van der Waals surface area contributed by atoms with Crippen LogP contribution in [0.3, 0.4) is 0 Å². The zero-order chi connectivity index (χ0) is 12.5. The summed E-state index contributed by atoms with van der Waals surface area (Å²) in [5.41, 5.74) is 3.51. The average molecular weight is 279 g/mol. The highest BCUT2D eigenvalue weighted by Gasteiger charge is 2.21. The van der Waals surface area contributed by atoms with Gasteiger partial charge in [0.25, 0.3) is 0 Å². The quantitative estimate of drug-likeness (QED) is 0.813. The molecular weight excluding hydrogens is 264 g/mol. The molecule has 2 heterocycles. The van der Waals surface area contributed by atoms with Gasteiger partial charge in [0.15, 0.2) is 5.15 Å². The Hall–Kier alpha value is -1.06. The Bertz CT molecular complexity index is 565. The molecule has 0 bridgehead atoms. The standard InChI is InChI=1S/C14H15ClN2S/c1-9-7-12(14(15)16-8-9)17-11-3-2-4-13-10(11)5-6-18-13/h5-8,11,17H,2-4H2,1H3. The first-order valence-electron chi connectivity index (χ1n) is 6.19. The maximum Gasteiger partial charge on any atom is 0.152 e. The lowest BCUT2D eigenvalue weighted by Gasteiger charge is -2.25. The number of halogens is 1. The van der Waals surface area contributed by atoms with Crippen LogP contribution < -0.4 is 5.32 Å². The molecule has 0 spiro atoms. The molecule has 1 unspecified atom stereocenters. The van der Waals surface area contributed by atoms with E-state index >= 15 is 0 Å². The van der Waals surface area contributed by atoms with Gasteiger partial charge in [-0.2, -0.15) is 0 Å². The smallest absolute Gasteiger partial charge is 0.152 e. The summed E-state index contributed by atoms with van der Waals surface area (Å²) in [5, 5.41) is 6.28. The van der Waals surface area contributed by atoms with Crippen molar-refractivity contribution in [2.45, 2.75) is 32.2 Å². The molecule has 1 aliphatic carbocycles. The largest absolute Gasteiger partial charge is 0.376 e. The number of aromatic nitrogens is 1. The van der Waals surface area contributed by atoms with Crippen LogP contribution in [-0.2, 0) is 6.42 Å². The molecule has 94 valence electrons. The van der Waals surface area contributed by atoms with Crippen LogP contribution in [0.1, 0.15) is 34.9 Å². The van der Waals surface area contributed by atoms with Crippen molar-refractivity contribution in [1.82, 2.24) is 4.98 Å². The van der Waals surface area contributed by atoms with E-state index in [4.69, 9.17) is 11.6 Å². The molecule has 0 saturated heterocycles. The molecule has 0 aromatic carbocycles. The molecule has 2 nitrogen and oxygen atoms in total. The van der Waals surface area contributed by atoms with Gasteiger partial charge in [-0.3, -0.25) is 0 Å². The fourth-order valence-corrected chi connectivity index (χ4v) is 3.62. The minimum atomic E-state index is 0.376. The highest BCUT2D eigenvalue weighted by Crippen LogP contribution is 2.36. The van der Waals surface area contributed by atoms with Crippen molar-refractivity contribution in [3.8, 4) is 0 Å². The van der Waals surface area contributed by atoms with Crippen LogP contribution in [0.25, 0.3) is 0 Å². The van der Waals surface area contributed by atoms with Crippen LogP contribution in [0, 0.1) is 6.92 Å². The number of aryl methyl sites for hydroxylation is 2. The van der Waals surface area contributed by atoms with E-state index in [1.54, 1.807) is 6.20 Å². The van der Waals surface area contributed by atoms with E-state index in [2.05, 4.69) is 27.8 Å². The van der Waals surface area contributed by atoms with Gasteiger partial charge in [-0.25, -0.2) is 4.98 Å². The second kappa shape index (κ2) is 4.90. The molecule has 0 saturated carbocycles. The third kappa shape index (κ3) is 2.25. The first-order chi connectivity index (χ1) is 8.74. The third-order valence-electron chi connectivity index (χ3n) is 3.36. The minimum Gasteiger partial charge on any atom is -0.376 e. The van der Waals surface area contributed by atoms with E-state index < -0.39 is 0 Å². The highest BCUT2D eigenvalue weighted by molar-refractivity contribution is 7.10. The minimum absolute atomic E-state index is 0.376. The number of nitrogens with zero attached hydrogens (tertiary/aromatic N) is 1. The van der Waals surface area contributed by atoms with E-state index in [1.807, 2.05) is 18.3 Å². The van der Waals surface area contributed by atoms with Gasteiger partial charge in [0.05, 0.1) is 11.7 Å². The van der Waals surface area contributed by atoms with E-state index in [-0.39, 0.29) is 0 Å². The average Bonchev–Trinajstić information content (AvgIpc) is 2.83. The van der Waals surface area contributed by atoms with Gasteiger partial charge in [0.1, 0.15) is 0 Å². The lowest BCUT2D eigenvalue weighted by atomic mass is 9.94. The number of nitrogens with one attached hydrogen (secondary N) is 1. The number of hydrogen-bond donors (Lipinski definition) is 1. The Balaban J connectivity index is 1.88. The number of pyridine rings is 1. The van der Waals surface area contributed by atoms with E-state index in [0.717, 1.165) is 17.7 Å². The fourth-order valence-electron chi connectivity index (χ4n) is 2.48. The van der Waals surface area contributed by atoms with Gasteiger partial charge < -0.3 is 5.32 Å². The van der Waals surface area contributed by atoms with Gasteiger partial charge >= 0.3 is 0 Å². The number of rotatable bonds is 2. The summed E-state index contributed by atoms with van der Waals surface area (Å²) in [6, 6.07) is 4.67. The van der Waals surface area contributed by atoms with Crippen LogP contribution >= 0.6 is 22.9 Å². The summed E-state index contributed by atoms with van der Waals surface area (Å²) in [6.07, 6.45) is 5.41. The third-order valence-corrected chi connectivity index (χ3v) is 4.66. The molecule has 1 aliphatic rings. The topological polar surface area (TPSA) is 24.9 Å². The Kier molecular flexibility index (Phi) is 3.27. The second-order valence-electron chi connectivity index (χ2n) is 4.74. The van der Waals surface area contributed by atoms with Crippen LogP contribution in [0.4, 0.5) is 5.69 Å². The van der Waals surface area contributed by atoms with Gasteiger partial charge in [-0.05, 0) is 54.8 Å². The van der Waals surface area contributed by atoms with Gasteiger partial charge in [0, 0.05) is 11.1 Å². The predicted molar refractivity (Wildman–Crippen MR) is 77.6 cm³/mol. The maximum atomic E-state index is 6.15. The van der Waals surface area contributed by atoms with Crippen molar-refractivity contribution >= 4 is 28.6 Å². The summed E-state index contributed by atoms with van der Waals surface area (Å²) in [5.74, 6) is 0. The monoisotopic (exact) mass is 278 g/mol. The molecule has 18 heavy (non-hydrogen) atoms. The number of hydrogen-bond acceptors (Lipinski definition) is 3. The summed E-state index contributed by atoms with van der Waals surface area (Å²) in [6.45, 7) is 2.03. The van der Waals surface area contributed by atoms with E-state index in [0.29, 0.717) is 11.2 Å². The molecule has 0 amide bonds. The number of anilines is 1. The summed E-state index contributed by atoms with van der Waals surface area (Å²) < 4.78 is 0. The van der Waals surface area contributed by atoms with Crippen LogP contribution in [0.15, 0.2) is 23.7 Å². The van der Waals surface area contributed by atoms with Crippen molar-refractivity contribution in [3.05, 3.63) is 44.9 Å².